The lowest BCUT2D eigenvalue weighted by molar-refractivity contribution is -0.121. The topological polar surface area (TPSA) is 116 Å². The Morgan fingerprint density at radius 3 is 2.51 bits per heavy atom. The van der Waals surface area contributed by atoms with Crippen LogP contribution >= 0.6 is 0 Å². The first-order valence-corrected chi connectivity index (χ1v) is 11.4. The molecule has 0 saturated heterocycles. The molecule has 3 rings (SSSR count). The Balaban J connectivity index is 1.59. The van der Waals surface area contributed by atoms with Gasteiger partial charge in [0.15, 0.2) is 11.5 Å². The van der Waals surface area contributed by atoms with Gasteiger partial charge < -0.3 is 18.6 Å². The molecule has 0 aliphatic carbocycles. The Morgan fingerprint density at radius 1 is 1.00 bits per heavy atom. The van der Waals surface area contributed by atoms with Gasteiger partial charge in [0.25, 0.3) is 5.91 Å². The minimum Gasteiger partial charge on any atom is -0.497 e. The van der Waals surface area contributed by atoms with Crippen molar-refractivity contribution in [1.29, 1.82) is 0 Å². The van der Waals surface area contributed by atoms with Crippen molar-refractivity contribution >= 4 is 22.8 Å². The van der Waals surface area contributed by atoms with Crippen LogP contribution in [0.25, 0.3) is 11.0 Å². The summed E-state index contributed by atoms with van der Waals surface area (Å²) in [5.74, 6) is 0.602. The van der Waals surface area contributed by atoms with Gasteiger partial charge in [0.1, 0.15) is 11.3 Å². The highest BCUT2D eigenvalue weighted by atomic mass is 16.5. The number of hydrogen-bond acceptors (Lipinski definition) is 7. The predicted molar refractivity (Wildman–Crippen MR) is 131 cm³/mol. The van der Waals surface area contributed by atoms with Crippen molar-refractivity contribution in [2.75, 3.05) is 20.8 Å². The van der Waals surface area contributed by atoms with Crippen LogP contribution in [0.3, 0.4) is 0 Å². The van der Waals surface area contributed by atoms with Gasteiger partial charge in [-0.05, 0) is 55.7 Å². The first-order chi connectivity index (χ1) is 16.9. The van der Waals surface area contributed by atoms with Crippen molar-refractivity contribution in [3.63, 3.8) is 0 Å². The minimum atomic E-state index is -0.507. The average molecular weight is 483 g/mol. The number of benzene rings is 2. The predicted octanol–water partition coefficient (Wildman–Crippen LogP) is 3.69. The van der Waals surface area contributed by atoms with E-state index in [4.69, 9.17) is 18.6 Å². The second-order valence-corrected chi connectivity index (χ2v) is 7.93. The van der Waals surface area contributed by atoms with Gasteiger partial charge in [-0.2, -0.15) is 0 Å². The summed E-state index contributed by atoms with van der Waals surface area (Å²) < 4.78 is 21.5. The molecule has 0 bridgehead atoms. The standard InChI is InChI=1S/C26H30N2O7/c1-5-6-13-34-21-11-7-17(14-23(21)33-4)25(30)28-27-24(29)12-10-20-16(2)19-9-8-18(32-3)15-22(19)35-26(20)31/h7-9,11,14-15H,5-6,10,12-13H2,1-4H3,(H,27,29)(H,28,30). The molecule has 2 N–H and O–H groups in total. The first kappa shape index (κ1) is 25.6. The maximum atomic E-state index is 12.5. The van der Waals surface area contributed by atoms with Crippen LogP contribution in [0.15, 0.2) is 45.6 Å². The van der Waals surface area contributed by atoms with Crippen molar-refractivity contribution in [3.05, 3.63) is 63.5 Å². The molecule has 0 aliphatic rings. The Hall–Kier alpha value is -4.01. The summed E-state index contributed by atoms with van der Waals surface area (Å²) in [6.45, 7) is 4.43. The molecule has 1 heterocycles. The second kappa shape index (κ2) is 11.9. The van der Waals surface area contributed by atoms with Crippen LogP contribution in [0, 0.1) is 6.92 Å². The monoisotopic (exact) mass is 482 g/mol. The molecule has 0 fully saturated rings. The third-order valence-electron chi connectivity index (χ3n) is 5.59. The first-order valence-electron chi connectivity index (χ1n) is 11.4. The van der Waals surface area contributed by atoms with E-state index in [9.17, 15) is 14.4 Å². The molecule has 186 valence electrons. The molecule has 1 aromatic heterocycles. The number of carbonyl (C=O) groups excluding carboxylic acids is 2. The van der Waals surface area contributed by atoms with Gasteiger partial charge in [-0.25, -0.2) is 4.79 Å². The van der Waals surface area contributed by atoms with E-state index in [0.717, 1.165) is 23.8 Å². The molecule has 2 aromatic carbocycles. The zero-order chi connectivity index (χ0) is 25.4. The smallest absolute Gasteiger partial charge is 0.339 e. The largest absolute Gasteiger partial charge is 0.497 e. The number of ether oxygens (including phenoxy) is 3. The van der Waals surface area contributed by atoms with E-state index in [0.29, 0.717) is 40.6 Å². The quantitative estimate of drug-likeness (QED) is 0.257. The van der Waals surface area contributed by atoms with E-state index in [1.54, 1.807) is 30.3 Å². The number of nitrogens with one attached hydrogen (secondary N) is 2. The highest BCUT2D eigenvalue weighted by Gasteiger charge is 2.15. The van der Waals surface area contributed by atoms with Crippen molar-refractivity contribution in [3.8, 4) is 17.2 Å². The average Bonchev–Trinajstić information content (AvgIpc) is 2.86. The van der Waals surface area contributed by atoms with Crippen molar-refractivity contribution in [1.82, 2.24) is 10.9 Å². The fraction of sp³-hybridized carbons (Fsp3) is 0.346. The summed E-state index contributed by atoms with van der Waals surface area (Å²) in [5.41, 5.74) is 6.12. The van der Waals surface area contributed by atoms with Crippen molar-refractivity contribution < 1.29 is 28.2 Å². The second-order valence-electron chi connectivity index (χ2n) is 7.93. The molecule has 0 radical (unpaired) electrons. The van der Waals surface area contributed by atoms with Crippen LogP contribution in [0.2, 0.25) is 0 Å². The molecule has 9 heteroatoms. The molecule has 9 nitrogen and oxygen atoms in total. The van der Waals surface area contributed by atoms with Crippen molar-refractivity contribution in [2.45, 2.75) is 39.5 Å². The number of unbranched alkanes of at least 4 members (excludes halogenated alkanes) is 1. The maximum Gasteiger partial charge on any atom is 0.339 e. The van der Waals surface area contributed by atoms with Crippen LogP contribution in [0.4, 0.5) is 0 Å². The normalized spacial score (nSPS) is 10.6. The maximum absolute atomic E-state index is 12.5. The molecule has 0 atom stereocenters. The van der Waals surface area contributed by atoms with Gasteiger partial charge >= 0.3 is 5.63 Å². The minimum absolute atomic E-state index is 0.0128. The van der Waals surface area contributed by atoms with Crippen LogP contribution < -0.4 is 30.7 Å². The van der Waals surface area contributed by atoms with Gasteiger partial charge in [-0.15, -0.1) is 0 Å². The SMILES string of the molecule is CCCCOc1ccc(C(=O)NNC(=O)CCc2c(C)c3ccc(OC)cc3oc2=O)cc1OC. The van der Waals surface area contributed by atoms with Crippen molar-refractivity contribution in [2.24, 2.45) is 0 Å². The summed E-state index contributed by atoms with van der Waals surface area (Å²) >= 11 is 0. The lowest BCUT2D eigenvalue weighted by atomic mass is 10.0. The molecule has 0 saturated carbocycles. The summed E-state index contributed by atoms with van der Waals surface area (Å²) in [5, 5.41) is 0.769. The van der Waals surface area contributed by atoms with Crippen LogP contribution in [-0.4, -0.2) is 32.6 Å². The van der Waals surface area contributed by atoms with Gasteiger partial charge in [0, 0.05) is 29.0 Å². The number of rotatable bonds is 10. The van der Waals surface area contributed by atoms with Crippen LogP contribution in [0.5, 0.6) is 17.2 Å². The third-order valence-corrected chi connectivity index (χ3v) is 5.59. The summed E-state index contributed by atoms with van der Waals surface area (Å²) in [7, 11) is 3.03. The number of methoxy groups -OCH3 is 2. The zero-order valence-corrected chi connectivity index (χ0v) is 20.4. The summed E-state index contributed by atoms with van der Waals surface area (Å²) in [6.07, 6.45) is 2.06. The Kier molecular flexibility index (Phi) is 8.72. The molecule has 0 aliphatic heterocycles. The highest BCUT2D eigenvalue weighted by molar-refractivity contribution is 5.96. The lowest BCUT2D eigenvalue weighted by Gasteiger charge is -2.12. The number of carbonyl (C=O) groups is 2. The van der Waals surface area contributed by atoms with E-state index in [-0.39, 0.29) is 12.8 Å². The van der Waals surface area contributed by atoms with E-state index in [2.05, 4.69) is 17.8 Å². The van der Waals surface area contributed by atoms with E-state index >= 15 is 0 Å². The van der Waals surface area contributed by atoms with Gasteiger partial charge in [-0.1, -0.05) is 13.3 Å². The number of hydrogen-bond donors (Lipinski definition) is 2. The fourth-order valence-corrected chi connectivity index (χ4v) is 3.54. The van der Waals surface area contributed by atoms with E-state index < -0.39 is 17.4 Å². The number of hydrazine groups is 1. The van der Waals surface area contributed by atoms with Gasteiger partial charge in [-0.3, -0.25) is 20.4 Å². The fourth-order valence-electron chi connectivity index (χ4n) is 3.54. The number of aryl methyl sites for hydroxylation is 1. The molecule has 3 aromatic rings. The number of fused-ring (bicyclic) bond motifs is 1. The summed E-state index contributed by atoms with van der Waals surface area (Å²) in [4.78, 5) is 37.3. The zero-order valence-electron chi connectivity index (χ0n) is 20.4. The lowest BCUT2D eigenvalue weighted by Crippen LogP contribution is -2.41. The molecule has 0 unspecified atom stereocenters. The van der Waals surface area contributed by atoms with Gasteiger partial charge in [0.05, 0.1) is 20.8 Å². The van der Waals surface area contributed by atoms with E-state index in [1.807, 2.05) is 13.0 Å². The Bertz CT molecular complexity index is 1270. The molecular formula is C26H30N2O7. The van der Waals surface area contributed by atoms with E-state index in [1.165, 1.54) is 14.2 Å². The van der Waals surface area contributed by atoms with Gasteiger partial charge in [0.2, 0.25) is 5.91 Å². The molecule has 2 amide bonds. The third kappa shape index (κ3) is 6.32. The molecular weight excluding hydrogens is 452 g/mol. The molecule has 0 spiro atoms. The Morgan fingerprint density at radius 2 is 1.80 bits per heavy atom. The Labute approximate surface area is 203 Å². The molecule has 35 heavy (non-hydrogen) atoms. The highest BCUT2D eigenvalue weighted by Crippen LogP contribution is 2.28. The number of amides is 2. The summed E-state index contributed by atoms with van der Waals surface area (Å²) in [6, 6.07) is 10.0. The van der Waals surface area contributed by atoms with Crippen LogP contribution in [-0.2, 0) is 11.2 Å². The van der Waals surface area contributed by atoms with Crippen LogP contribution in [0.1, 0.15) is 47.7 Å².